The molecule has 0 saturated heterocycles. The number of hydrogen-bond donors (Lipinski definition) is 1. The number of aliphatic carboxylic acids is 1. The number of carboxylic acids is 1. The van der Waals surface area contributed by atoms with Crippen LogP contribution in [-0.4, -0.2) is 24.0 Å². The van der Waals surface area contributed by atoms with Crippen molar-refractivity contribution >= 4 is 11.8 Å². The van der Waals surface area contributed by atoms with Gasteiger partial charge in [-0.2, -0.15) is 0 Å². The van der Waals surface area contributed by atoms with Crippen molar-refractivity contribution in [2.24, 2.45) is 0 Å². The minimum absolute atomic E-state index is 0.00696. The molecule has 1 aromatic rings. The molecule has 1 rings (SSSR count). The summed E-state index contributed by atoms with van der Waals surface area (Å²) in [6, 6.07) is 5.60. The highest BCUT2D eigenvalue weighted by atomic mass is 16.5. The lowest BCUT2D eigenvalue weighted by atomic mass is 9.85. The van der Waals surface area contributed by atoms with Crippen molar-refractivity contribution in [3.63, 3.8) is 0 Å². The van der Waals surface area contributed by atoms with Gasteiger partial charge < -0.3 is 9.84 Å². The Morgan fingerprint density at radius 1 is 1.20 bits per heavy atom. The molecule has 110 valence electrons. The molecule has 1 aromatic carbocycles. The van der Waals surface area contributed by atoms with Crippen LogP contribution < -0.4 is 4.74 Å². The van der Waals surface area contributed by atoms with Crippen LogP contribution in [0.4, 0.5) is 0 Å². The van der Waals surface area contributed by atoms with Crippen molar-refractivity contribution in [1.29, 1.82) is 0 Å². The van der Waals surface area contributed by atoms with Crippen molar-refractivity contribution in [3.05, 3.63) is 29.3 Å². The van der Waals surface area contributed by atoms with Crippen LogP contribution in [0.1, 0.15) is 56.0 Å². The van der Waals surface area contributed by atoms with Gasteiger partial charge in [0.1, 0.15) is 5.75 Å². The van der Waals surface area contributed by atoms with Gasteiger partial charge >= 0.3 is 5.97 Å². The van der Waals surface area contributed by atoms with Gasteiger partial charge in [0.15, 0.2) is 5.78 Å². The number of methoxy groups -OCH3 is 1. The summed E-state index contributed by atoms with van der Waals surface area (Å²) in [7, 11) is 1.53. The maximum absolute atomic E-state index is 12.2. The summed E-state index contributed by atoms with van der Waals surface area (Å²) in [5.74, 6) is -0.416. The smallest absolute Gasteiger partial charge is 0.303 e. The number of hydrogen-bond acceptors (Lipinski definition) is 3. The van der Waals surface area contributed by atoms with E-state index in [1.165, 1.54) is 7.11 Å². The zero-order valence-corrected chi connectivity index (χ0v) is 12.5. The van der Waals surface area contributed by atoms with Crippen molar-refractivity contribution in [1.82, 2.24) is 0 Å². The SMILES string of the molecule is COc1ccc(C(C)(C)C)cc1C(=O)CCCC(=O)O. The van der Waals surface area contributed by atoms with Gasteiger partial charge in [-0.3, -0.25) is 9.59 Å². The highest BCUT2D eigenvalue weighted by Gasteiger charge is 2.19. The predicted octanol–water partition coefficient (Wildman–Crippen LogP) is 3.43. The van der Waals surface area contributed by atoms with Crippen LogP contribution in [0.5, 0.6) is 5.75 Å². The second-order valence-corrected chi connectivity index (χ2v) is 5.84. The van der Waals surface area contributed by atoms with Gasteiger partial charge in [-0.15, -0.1) is 0 Å². The van der Waals surface area contributed by atoms with Gasteiger partial charge in [0.05, 0.1) is 12.7 Å². The molecule has 4 heteroatoms. The second kappa shape index (κ2) is 6.55. The number of carbonyl (C=O) groups excluding carboxylic acids is 1. The van der Waals surface area contributed by atoms with E-state index in [1.54, 1.807) is 6.07 Å². The van der Waals surface area contributed by atoms with Gasteiger partial charge in [0, 0.05) is 12.8 Å². The van der Waals surface area contributed by atoms with Gasteiger partial charge in [0.2, 0.25) is 0 Å². The van der Waals surface area contributed by atoms with Crippen LogP contribution in [0.15, 0.2) is 18.2 Å². The molecule has 0 saturated carbocycles. The number of ketones is 1. The maximum atomic E-state index is 12.2. The first-order valence-corrected chi connectivity index (χ1v) is 6.69. The Morgan fingerprint density at radius 2 is 1.85 bits per heavy atom. The van der Waals surface area contributed by atoms with E-state index in [0.29, 0.717) is 17.7 Å². The third-order valence-corrected chi connectivity index (χ3v) is 3.16. The van der Waals surface area contributed by atoms with E-state index in [1.807, 2.05) is 12.1 Å². The molecule has 0 aliphatic carbocycles. The molecular weight excluding hydrogens is 256 g/mol. The van der Waals surface area contributed by atoms with Crippen LogP contribution in [0, 0.1) is 0 Å². The van der Waals surface area contributed by atoms with E-state index in [0.717, 1.165) is 5.56 Å². The molecule has 0 spiro atoms. The average Bonchev–Trinajstić information content (AvgIpc) is 2.36. The number of carbonyl (C=O) groups is 2. The van der Waals surface area contributed by atoms with E-state index in [2.05, 4.69) is 20.8 Å². The van der Waals surface area contributed by atoms with Crippen LogP contribution in [-0.2, 0) is 10.2 Å². The molecule has 0 radical (unpaired) electrons. The Hall–Kier alpha value is -1.84. The molecule has 0 fully saturated rings. The lowest BCUT2D eigenvalue weighted by molar-refractivity contribution is -0.137. The van der Waals surface area contributed by atoms with Crippen LogP contribution >= 0.6 is 0 Å². The first kappa shape index (κ1) is 16.2. The second-order valence-electron chi connectivity index (χ2n) is 5.84. The van der Waals surface area contributed by atoms with E-state index < -0.39 is 5.97 Å². The van der Waals surface area contributed by atoms with Crippen molar-refractivity contribution < 1.29 is 19.4 Å². The van der Waals surface area contributed by atoms with Gasteiger partial charge in [0.25, 0.3) is 0 Å². The molecule has 0 heterocycles. The van der Waals surface area contributed by atoms with Gasteiger partial charge in [-0.1, -0.05) is 26.8 Å². The minimum atomic E-state index is -0.881. The number of ether oxygens (including phenoxy) is 1. The fourth-order valence-electron chi connectivity index (χ4n) is 1.93. The van der Waals surface area contributed by atoms with E-state index in [4.69, 9.17) is 9.84 Å². The monoisotopic (exact) mass is 278 g/mol. The normalized spacial score (nSPS) is 11.2. The zero-order valence-electron chi connectivity index (χ0n) is 12.5. The lowest BCUT2D eigenvalue weighted by Gasteiger charge is -2.20. The van der Waals surface area contributed by atoms with Crippen molar-refractivity contribution in [3.8, 4) is 5.75 Å². The summed E-state index contributed by atoms with van der Waals surface area (Å²) >= 11 is 0. The molecule has 4 nitrogen and oxygen atoms in total. The number of Topliss-reactive ketones (excluding diaryl/α,β-unsaturated/α-hetero) is 1. The molecule has 0 aromatic heterocycles. The molecule has 0 aliphatic heterocycles. The zero-order chi connectivity index (χ0) is 15.3. The molecular formula is C16H22O4. The lowest BCUT2D eigenvalue weighted by Crippen LogP contribution is -2.13. The summed E-state index contributed by atoms with van der Waals surface area (Å²) in [5, 5.41) is 8.61. The Kier molecular flexibility index (Phi) is 5.31. The summed E-state index contributed by atoms with van der Waals surface area (Å²) in [4.78, 5) is 22.7. The Labute approximate surface area is 119 Å². The highest BCUT2D eigenvalue weighted by molar-refractivity contribution is 5.99. The van der Waals surface area contributed by atoms with E-state index in [-0.39, 0.29) is 24.0 Å². The number of rotatable bonds is 6. The first-order chi connectivity index (χ1) is 9.25. The van der Waals surface area contributed by atoms with Crippen molar-refractivity contribution in [2.45, 2.75) is 45.4 Å². The largest absolute Gasteiger partial charge is 0.496 e. The topological polar surface area (TPSA) is 63.6 Å². The van der Waals surface area contributed by atoms with Crippen LogP contribution in [0.2, 0.25) is 0 Å². The van der Waals surface area contributed by atoms with Crippen molar-refractivity contribution in [2.75, 3.05) is 7.11 Å². The fourth-order valence-corrected chi connectivity index (χ4v) is 1.93. The summed E-state index contributed by atoms with van der Waals surface area (Å²) in [6.07, 6.45) is 0.570. The van der Waals surface area contributed by atoms with E-state index >= 15 is 0 Å². The molecule has 20 heavy (non-hydrogen) atoms. The van der Waals surface area contributed by atoms with Gasteiger partial charge in [-0.25, -0.2) is 0 Å². The number of carboxylic acid groups (broad SMARTS) is 1. The molecule has 0 amide bonds. The fraction of sp³-hybridized carbons (Fsp3) is 0.500. The summed E-state index contributed by atoms with van der Waals surface area (Å²) in [5.41, 5.74) is 1.53. The third-order valence-electron chi connectivity index (χ3n) is 3.16. The summed E-state index contributed by atoms with van der Waals surface area (Å²) < 4.78 is 5.22. The molecule has 0 unspecified atom stereocenters. The van der Waals surface area contributed by atoms with Crippen LogP contribution in [0.25, 0.3) is 0 Å². The van der Waals surface area contributed by atoms with E-state index in [9.17, 15) is 9.59 Å². The quantitative estimate of drug-likeness (QED) is 0.810. The minimum Gasteiger partial charge on any atom is -0.496 e. The van der Waals surface area contributed by atoms with Gasteiger partial charge in [-0.05, 0) is 29.5 Å². The number of benzene rings is 1. The average molecular weight is 278 g/mol. The Morgan fingerprint density at radius 3 is 2.35 bits per heavy atom. The van der Waals surface area contributed by atoms with Crippen LogP contribution in [0.3, 0.4) is 0 Å². The standard InChI is InChI=1S/C16H22O4/c1-16(2,3)11-8-9-14(20-4)12(10-11)13(17)6-5-7-15(18)19/h8-10H,5-7H2,1-4H3,(H,18,19). The third kappa shape index (κ3) is 4.37. The Bertz CT molecular complexity index is 498. The predicted molar refractivity (Wildman–Crippen MR) is 77.5 cm³/mol. The molecule has 0 bridgehead atoms. The molecule has 1 N–H and O–H groups in total. The Balaban J connectivity index is 2.96. The molecule has 0 atom stereocenters. The molecule has 0 aliphatic rings. The maximum Gasteiger partial charge on any atom is 0.303 e. The summed E-state index contributed by atoms with van der Waals surface area (Å²) in [6.45, 7) is 6.23. The first-order valence-electron chi connectivity index (χ1n) is 6.69. The highest BCUT2D eigenvalue weighted by Crippen LogP contribution is 2.29.